The van der Waals surface area contributed by atoms with Crippen molar-refractivity contribution in [3.63, 3.8) is 0 Å². The predicted octanol–water partition coefficient (Wildman–Crippen LogP) is 18.9. The topological polar surface area (TPSA) is 3.24 Å². The van der Waals surface area contributed by atoms with E-state index in [9.17, 15) is 0 Å². The van der Waals surface area contributed by atoms with Crippen LogP contribution in [0.2, 0.25) is 0 Å². The summed E-state index contributed by atoms with van der Waals surface area (Å²) in [5, 5.41) is 10.3. The molecular formula is C60H55NS. The summed E-state index contributed by atoms with van der Waals surface area (Å²) in [5.74, 6) is 0. The van der Waals surface area contributed by atoms with Crippen LogP contribution in [0.25, 0.3) is 80.8 Å². The molecule has 0 aliphatic rings. The van der Waals surface area contributed by atoms with Crippen molar-refractivity contribution in [1.82, 2.24) is 0 Å². The third-order valence-electron chi connectivity index (χ3n) is 11.5. The molecule has 0 aliphatic carbocycles. The fourth-order valence-electron chi connectivity index (χ4n) is 8.40. The molecule has 9 aromatic carbocycles. The number of aryl methyl sites for hydroxylation is 1. The van der Waals surface area contributed by atoms with Gasteiger partial charge in [0, 0.05) is 37.2 Å². The lowest BCUT2D eigenvalue weighted by Crippen LogP contribution is -2.10. The molecule has 0 N–H and O–H groups in total. The van der Waals surface area contributed by atoms with E-state index in [1.165, 1.54) is 92.3 Å². The lowest BCUT2D eigenvalue weighted by atomic mass is 9.96. The Morgan fingerprint density at radius 3 is 1.71 bits per heavy atom. The second-order valence-corrected chi connectivity index (χ2v) is 16.8. The quantitative estimate of drug-likeness (QED) is 0.114. The zero-order valence-corrected chi connectivity index (χ0v) is 37.6. The standard InChI is InChI=1S/C53H39NS.C4H8.C3H8/c1-3-10-45-35(4-2)17-19-41-34-44(30-32-48(41)45)54(43-28-23-38(24-29-43)49-14-9-15-51-50-13-7-8-16-52(50)55-53(49)51)42-26-21-36(22-27-42)39-25-31-47-40(33-39)20-18-37-11-5-6-12-46(37)47;1-3-4-2;1-3-2/h3,5-34H,4H2,1-2H3;3-4H,1-2H3;3H2,1-2H3/b10-3-;4-3-;. The molecule has 0 saturated carbocycles. The van der Waals surface area contributed by atoms with E-state index in [0.29, 0.717) is 0 Å². The molecule has 1 nitrogen and oxygen atoms in total. The molecule has 1 aromatic heterocycles. The van der Waals surface area contributed by atoms with Crippen LogP contribution in [-0.2, 0) is 6.42 Å². The number of nitrogens with zero attached hydrogens (tertiary/aromatic N) is 1. The molecule has 2 heteroatoms. The van der Waals surface area contributed by atoms with E-state index in [0.717, 1.165) is 23.5 Å². The first-order valence-electron chi connectivity index (χ1n) is 22.1. The van der Waals surface area contributed by atoms with Crippen LogP contribution in [0.1, 0.15) is 59.1 Å². The van der Waals surface area contributed by atoms with Crippen molar-refractivity contribution >= 4 is 87.0 Å². The van der Waals surface area contributed by atoms with Crippen molar-refractivity contribution in [2.24, 2.45) is 0 Å². The maximum Gasteiger partial charge on any atom is 0.0468 e. The van der Waals surface area contributed by atoms with Crippen LogP contribution in [0.15, 0.2) is 194 Å². The van der Waals surface area contributed by atoms with E-state index >= 15 is 0 Å². The number of allylic oxidation sites excluding steroid dienone is 3. The number of hydrogen-bond donors (Lipinski definition) is 0. The number of rotatable bonds is 7. The van der Waals surface area contributed by atoms with E-state index in [1.807, 2.05) is 37.3 Å². The normalized spacial score (nSPS) is 11.4. The van der Waals surface area contributed by atoms with Gasteiger partial charge >= 0.3 is 0 Å². The average Bonchev–Trinajstić information content (AvgIpc) is 3.71. The second kappa shape index (κ2) is 19.3. The molecule has 1 heterocycles. The summed E-state index contributed by atoms with van der Waals surface area (Å²) in [6, 6.07) is 65.1. The summed E-state index contributed by atoms with van der Waals surface area (Å²) in [7, 11) is 0. The van der Waals surface area contributed by atoms with E-state index in [-0.39, 0.29) is 0 Å². The van der Waals surface area contributed by atoms with E-state index in [4.69, 9.17) is 0 Å². The predicted molar refractivity (Wildman–Crippen MR) is 278 cm³/mol. The summed E-state index contributed by atoms with van der Waals surface area (Å²) in [6.07, 6.45) is 10.7. The van der Waals surface area contributed by atoms with E-state index in [1.54, 1.807) is 0 Å². The Morgan fingerprint density at radius 2 is 1.00 bits per heavy atom. The minimum Gasteiger partial charge on any atom is -0.310 e. The molecule has 0 unspecified atom stereocenters. The van der Waals surface area contributed by atoms with Gasteiger partial charge in [0.2, 0.25) is 0 Å². The maximum atomic E-state index is 2.39. The Balaban J connectivity index is 0.000000708. The largest absolute Gasteiger partial charge is 0.310 e. The highest BCUT2D eigenvalue weighted by Gasteiger charge is 2.17. The Morgan fingerprint density at radius 1 is 0.435 bits per heavy atom. The third-order valence-corrected chi connectivity index (χ3v) is 12.7. The molecule has 0 radical (unpaired) electrons. The molecule has 0 amide bonds. The molecule has 306 valence electrons. The summed E-state index contributed by atoms with van der Waals surface area (Å²) < 4.78 is 2.66. The van der Waals surface area contributed by atoms with E-state index < -0.39 is 0 Å². The maximum absolute atomic E-state index is 2.39. The van der Waals surface area contributed by atoms with Gasteiger partial charge in [0.25, 0.3) is 0 Å². The van der Waals surface area contributed by atoms with Crippen LogP contribution in [0.5, 0.6) is 0 Å². The van der Waals surface area contributed by atoms with Crippen LogP contribution >= 0.6 is 11.3 Å². The summed E-state index contributed by atoms with van der Waals surface area (Å²) in [4.78, 5) is 2.39. The van der Waals surface area contributed by atoms with Gasteiger partial charge < -0.3 is 4.90 Å². The zero-order valence-electron chi connectivity index (χ0n) is 36.8. The highest BCUT2D eigenvalue weighted by atomic mass is 32.1. The summed E-state index contributed by atoms with van der Waals surface area (Å²) in [6.45, 7) is 12.6. The first kappa shape index (κ1) is 42.0. The highest BCUT2D eigenvalue weighted by molar-refractivity contribution is 7.26. The minimum absolute atomic E-state index is 1.01. The fraction of sp³-hybridized carbons (Fsp3) is 0.133. The van der Waals surface area contributed by atoms with Gasteiger partial charge in [-0.2, -0.15) is 0 Å². The first-order chi connectivity index (χ1) is 30.5. The summed E-state index contributed by atoms with van der Waals surface area (Å²) >= 11 is 1.88. The van der Waals surface area contributed by atoms with Gasteiger partial charge in [-0.15, -0.1) is 11.3 Å². The first-order valence-corrected chi connectivity index (χ1v) is 22.9. The molecule has 0 fully saturated rings. The molecule has 0 bridgehead atoms. The van der Waals surface area contributed by atoms with Gasteiger partial charge in [-0.25, -0.2) is 0 Å². The molecule has 10 aromatic rings. The van der Waals surface area contributed by atoms with Crippen molar-refractivity contribution in [2.75, 3.05) is 4.90 Å². The van der Waals surface area contributed by atoms with E-state index in [2.05, 4.69) is 221 Å². The fourth-order valence-corrected chi connectivity index (χ4v) is 9.64. The SMILES string of the molecule is C/C=C\C.C/C=C\c1c(CC)ccc2cc(N(c3ccc(-c4ccc5c(ccc6ccccc65)c4)cc3)c3ccc(-c4cccc5c4sc4ccccc45)cc3)ccc12.CCC. The van der Waals surface area contributed by atoms with Gasteiger partial charge in [-0.05, 0) is 141 Å². The van der Waals surface area contributed by atoms with Crippen molar-refractivity contribution in [3.05, 3.63) is 205 Å². The monoisotopic (exact) mass is 821 g/mol. The highest BCUT2D eigenvalue weighted by Crippen LogP contribution is 2.42. The van der Waals surface area contributed by atoms with Crippen molar-refractivity contribution < 1.29 is 0 Å². The number of benzene rings is 9. The molecule has 0 saturated heterocycles. The molecular weight excluding hydrogens is 767 g/mol. The number of hydrogen-bond acceptors (Lipinski definition) is 2. The Hall–Kier alpha value is -6.74. The Labute approximate surface area is 371 Å². The molecule has 62 heavy (non-hydrogen) atoms. The third kappa shape index (κ3) is 8.44. The van der Waals surface area contributed by atoms with Crippen LogP contribution in [0.3, 0.4) is 0 Å². The molecule has 10 rings (SSSR count). The van der Waals surface area contributed by atoms with Gasteiger partial charge in [-0.3, -0.25) is 0 Å². The number of fused-ring (bicyclic) bond motifs is 7. The van der Waals surface area contributed by atoms with Crippen LogP contribution in [-0.4, -0.2) is 0 Å². The van der Waals surface area contributed by atoms with Crippen molar-refractivity contribution in [1.29, 1.82) is 0 Å². The minimum atomic E-state index is 1.01. The molecule has 0 spiro atoms. The average molecular weight is 822 g/mol. The number of anilines is 3. The molecule has 0 aliphatic heterocycles. The van der Waals surface area contributed by atoms with Gasteiger partial charge in [0.1, 0.15) is 0 Å². The van der Waals surface area contributed by atoms with Gasteiger partial charge in [0.15, 0.2) is 0 Å². The lowest BCUT2D eigenvalue weighted by molar-refractivity contribution is 1.09. The number of thiophene rings is 1. The lowest BCUT2D eigenvalue weighted by Gasteiger charge is -2.26. The second-order valence-electron chi connectivity index (χ2n) is 15.7. The van der Waals surface area contributed by atoms with Crippen molar-refractivity contribution in [3.8, 4) is 22.3 Å². The van der Waals surface area contributed by atoms with Gasteiger partial charge in [-0.1, -0.05) is 179 Å². The van der Waals surface area contributed by atoms with Crippen LogP contribution < -0.4 is 4.90 Å². The Kier molecular flexibility index (Phi) is 13.1. The Bertz CT molecular complexity index is 3180. The molecule has 0 atom stereocenters. The smallest absolute Gasteiger partial charge is 0.0468 e. The zero-order chi connectivity index (χ0) is 43.0. The van der Waals surface area contributed by atoms with Crippen LogP contribution in [0.4, 0.5) is 17.1 Å². The summed E-state index contributed by atoms with van der Waals surface area (Å²) in [5.41, 5.74) is 11.0. The van der Waals surface area contributed by atoms with Crippen LogP contribution in [0, 0.1) is 0 Å². The van der Waals surface area contributed by atoms with Gasteiger partial charge in [0.05, 0.1) is 0 Å². The van der Waals surface area contributed by atoms with Crippen molar-refractivity contribution in [2.45, 2.75) is 54.4 Å².